The highest BCUT2D eigenvalue weighted by Crippen LogP contribution is 2.27. The lowest BCUT2D eigenvalue weighted by Crippen LogP contribution is -2.49. The van der Waals surface area contributed by atoms with E-state index in [4.69, 9.17) is 5.26 Å². The third kappa shape index (κ3) is 2.42. The smallest absolute Gasteiger partial charge is 0.318 e. The maximum atomic E-state index is 13.5. The number of amides is 3. The molecule has 0 spiro atoms. The Morgan fingerprint density at radius 2 is 1.88 bits per heavy atom. The summed E-state index contributed by atoms with van der Waals surface area (Å²) in [6, 6.07) is 9.58. The Morgan fingerprint density at radius 1 is 1.17 bits per heavy atom. The maximum absolute atomic E-state index is 13.5. The molecule has 0 radical (unpaired) electrons. The Balaban J connectivity index is 2.11. The Labute approximate surface area is 135 Å². The highest BCUT2D eigenvalue weighted by molar-refractivity contribution is 6.07. The number of nitrogens with zero attached hydrogens (tertiary/aromatic N) is 2. The van der Waals surface area contributed by atoms with Gasteiger partial charge in [0.1, 0.15) is 0 Å². The Kier molecular flexibility index (Phi) is 3.62. The van der Waals surface area contributed by atoms with E-state index in [2.05, 4.69) is 10.6 Å². The molecule has 1 aromatic heterocycles. The number of pyridine rings is 1. The summed E-state index contributed by atoms with van der Waals surface area (Å²) in [5.41, 5.74) is -1.72. The minimum Gasteiger partial charge on any atom is -0.318 e. The fourth-order valence-electron chi connectivity index (χ4n) is 2.61. The first kappa shape index (κ1) is 15.4. The zero-order valence-corrected chi connectivity index (χ0v) is 12.2. The molecule has 1 unspecified atom stereocenters. The SMILES string of the molecule is N#Cc1ccc(C2(Cn3cccc(F)c3=O)NC(=O)NC2=O)cc1. The van der Waals surface area contributed by atoms with Crippen molar-refractivity contribution in [3.63, 3.8) is 0 Å². The first-order valence-electron chi connectivity index (χ1n) is 6.95. The highest BCUT2D eigenvalue weighted by atomic mass is 19.1. The summed E-state index contributed by atoms with van der Waals surface area (Å²) < 4.78 is 14.5. The summed E-state index contributed by atoms with van der Waals surface area (Å²) in [5.74, 6) is -1.62. The van der Waals surface area contributed by atoms with Crippen LogP contribution in [0.5, 0.6) is 0 Å². The van der Waals surface area contributed by atoms with E-state index in [1.165, 1.54) is 36.5 Å². The van der Waals surface area contributed by atoms with Crippen molar-refractivity contribution in [2.24, 2.45) is 0 Å². The molecule has 1 fully saturated rings. The minimum atomic E-state index is -1.57. The number of imide groups is 1. The lowest BCUT2D eigenvalue weighted by atomic mass is 9.89. The van der Waals surface area contributed by atoms with Gasteiger partial charge in [-0.05, 0) is 29.8 Å². The normalized spacial score (nSPS) is 19.5. The second kappa shape index (κ2) is 5.62. The predicted molar refractivity (Wildman–Crippen MR) is 80.2 cm³/mol. The van der Waals surface area contributed by atoms with Crippen molar-refractivity contribution in [2.75, 3.05) is 0 Å². The van der Waals surface area contributed by atoms with Crippen molar-refractivity contribution in [3.05, 3.63) is 69.9 Å². The Hall–Kier alpha value is -3.47. The van der Waals surface area contributed by atoms with Gasteiger partial charge in [-0.15, -0.1) is 0 Å². The molecule has 3 rings (SSSR count). The second-order valence-corrected chi connectivity index (χ2v) is 5.29. The van der Waals surface area contributed by atoms with Gasteiger partial charge in [-0.1, -0.05) is 12.1 Å². The first-order valence-corrected chi connectivity index (χ1v) is 6.95. The molecule has 7 nitrogen and oxygen atoms in total. The van der Waals surface area contributed by atoms with Crippen molar-refractivity contribution < 1.29 is 14.0 Å². The van der Waals surface area contributed by atoms with Crippen LogP contribution in [-0.4, -0.2) is 16.5 Å². The van der Waals surface area contributed by atoms with Crippen LogP contribution in [0.2, 0.25) is 0 Å². The van der Waals surface area contributed by atoms with Crippen molar-refractivity contribution in [1.82, 2.24) is 15.2 Å². The van der Waals surface area contributed by atoms with Gasteiger partial charge in [0.15, 0.2) is 11.4 Å². The third-order valence-corrected chi connectivity index (χ3v) is 3.83. The van der Waals surface area contributed by atoms with Gasteiger partial charge in [0.05, 0.1) is 18.2 Å². The predicted octanol–water partition coefficient (Wildman–Crippen LogP) is 0.594. The molecule has 0 bridgehead atoms. The van der Waals surface area contributed by atoms with E-state index < -0.39 is 28.9 Å². The summed E-state index contributed by atoms with van der Waals surface area (Å²) in [6.45, 7) is -0.285. The lowest BCUT2D eigenvalue weighted by Gasteiger charge is -2.27. The summed E-state index contributed by atoms with van der Waals surface area (Å²) in [6.07, 6.45) is 1.33. The summed E-state index contributed by atoms with van der Waals surface area (Å²) in [7, 11) is 0. The van der Waals surface area contributed by atoms with Crippen LogP contribution in [0.25, 0.3) is 0 Å². The molecule has 1 aliphatic heterocycles. The molecule has 0 aliphatic carbocycles. The number of rotatable bonds is 3. The molecular weight excluding hydrogens is 315 g/mol. The van der Waals surface area contributed by atoms with Gasteiger partial charge >= 0.3 is 6.03 Å². The third-order valence-electron chi connectivity index (χ3n) is 3.83. The molecule has 0 saturated carbocycles. The molecule has 1 saturated heterocycles. The number of nitrogens with one attached hydrogen (secondary N) is 2. The van der Waals surface area contributed by atoms with E-state index in [1.54, 1.807) is 0 Å². The van der Waals surface area contributed by atoms with Gasteiger partial charge in [0, 0.05) is 6.20 Å². The van der Waals surface area contributed by atoms with Crippen molar-refractivity contribution in [3.8, 4) is 6.07 Å². The molecule has 24 heavy (non-hydrogen) atoms. The molecule has 2 N–H and O–H groups in total. The number of carbonyl (C=O) groups is 2. The average Bonchev–Trinajstić information content (AvgIpc) is 2.86. The van der Waals surface area contributed by atoms with Crippen molar-refractivity contribution in [1.29, 1.82) is 5.26 Å². The number of aromatic nitrogens is 1. The van der Waals surface area contributed by atoms with E-state index in [0.29, 0.717) is 11.1 Å². The second-order valence-electron chi connectivity index (χ2n) is 5.29. The molecular formula is C16H11FN4O3. The largest absolute Gasteiger partial charge is 0.322 e. The van der Waals surface area contributed by atoms with Crippen LogP contribution in [0.4, 0.5) is 9.18 Å². The number of hydrogen-bond acceptors (Lipinski definition) is 4. The monoisotopic (exact) mass is 326 g/mol. The van der Waals surface area contributed by atoms with Gasteiger partial charge in [-0.25, -0.2) is 9.18 Å². The number of carbonyl (C=O) groups excluding carboxylic acids is 2. The van der Waals surface area contributed by atoms with E-state index in [-0.39, 0.29) is 6.54 Å². The molecule has 120 valence electrons. The van der Waals surface area contributed by atoms with Gasteiger partial charge in [0.25, 0.3) is 11.5 Å². The van der Waals surface area contributed by atoms with Crippen LogP contribution in [0.3, 0.4) is 0 Å². The van der Waals surface area contributed by atoms with E-state index >= 15 is 0 Å². The Morgan fingerprint density at radius 3 is 2.46 bits per heavy atom. The summed E-state index contributed by atoms with van der Waals surface area (Å²) in [4.78, 5) is 36.0. The first-order chi connectivity index (χ1) is 11.5. The molecule has 1 atom stereocenters. The topological polar surface area (TPSA) is 104 Å². The van der Waals surface area contributed by atoms with Gasteiger partial charge in [-0.2, -0.15) is 5.26 Å². The van der Waals surface area contributed by atoms with E-state index in [0.717, 1.165) is 10.6 Å². The molecule has 3 amide bonds. The average molecular weight is 326 g/mol. The Bertz CT molecular complexity index is 930. The lowest BCUT2D eigenvalue weighted by molar-refractivity contribution is -0.124. The number of nitriles is 1. The number of urea groups is 1. The summed E-state index contributed by atoms with van der Waals surface area (Å²) in [5, 5.41) is 13.5. The van der Waals surface area contributed by atoms with E-state index in [9.17, 15) is 18.8 Å². The zero-order chi connectivity index (χ0) is 17.3. The number of benzene rings is 1. The fourth-order valence-corrected chi connectivity index (χ4v) is 2.61. The number of halogens is 1. The van der Waals surface area contributed by atoms with Gasteiger partial charge in [0.2, 0.25) is 0 Å². The fraction of sp³-hybridized carbons (Fsp3) is 0.125. The minimum absolute atomic E-state index is 0.285. The van der Waals surface area contributed by atoms with Crippen LogP contribution < -0.4 is 16.2 Å². The molecule has 2 heterocycles. The standard InChI is InChI=1S/C16H11FN4O3/c17-12-2-1-7-21(13(12)22)9-16(14(23)19-15(24)20-16)11-5-3-10(8-18)4-6-11/h1-7H,9H2,(H2,19,20,23,24). The van der Waals surface area contributed by atoms with Crippen LogP contribution in [0.1, 0.15) is 11.1 Å². The highest BCUT2D eigenvalue weighted by Gasteiger charge is 2.48. The molecule has 8 heteroatoms. The van der Waals surface area contributed by atoms with Crippen LogP contribution in [0, 0.1) is 17.1 Å². The van der Waals surface area contributed by atoms with Crippen LogP contribution in [-0.2, 0) is 16.9 Å². The number of hydrogen-bond donors (Lipinski definition) is 2. The van der Waals surface area contributed by atoms with E-state index in [1.807, 2.05) is 6.07 Å². The molecule has 1 aromatic carbocycles. The van der Waals surface area contributed by atoms with Crippen LogP contribution >= 0.6 is 0 Å². The van der Waals surface area contributed by atoms with Gasteiger partial charge in [-0.3, -0.25) is 14.9 Å². The molecule has 2 aromatic rings. The molecule has 1 aliphatic rings. The van der Waals surface area contributed by atoms with Crippen LogP contribution in [0.15, 0.2) is 47.4 Å². The van der Waals surface area contributed by atoms with Crippen molar-refractivity contribution in [2.45, 2.75) is 12.1 Å². The quantitative estimate of drug-likeness (QED) is 0.806. The maximum Gasteiger partial charge on any atom is 0.322 e. The summed E-state index contributed by atoms with van der Waals surface area (Å²) >= 11 is 0. The zero-order valence-electron chi connectivity index (χ0n) is 12.2. The van der Waals surface area contributed by atoms with Gasteiger partial charge < -0.3 is 9.88 Å². The van der Waals surface area contributed by atoms with Crippen molar-refractivity contribution >= 4 is 11.9 Å².